The van der Waals surface area contributed by atoms with E-state index < -0.39 is 46.4 Å². The fourth-order valence-electron chi connectivity index (χ4n) is 3.33. The summed E-state index contributed by atoms with van der Waals surface area (Å²) < 4.78 is 37.3. The van der Waals surface area contributed by atoms with E-state index in [1.807, 2.05) is 6.92 Å². The van der Waals surface area contributed by atoms with Crippen LogP contribution in [0.15, 0.2) is 29.2 Å². The number of amides is 1. The molecule has 30 heavy (non-hydrogen) atoms. The van der Waals surface area contributed by atoms with Crippen LogP contribution in [0, 0.1) is 6.92 Å². The number of carbonyl (C=O) groups is 3. The molecule has 166 valence electrons. The van der Waals surface area contributed by atoms with E-state index in [1.165, 1.54) is 24.1 Å². The maximum atomic E-state index is 13.5. The third kappa shape index (κ3) is 5.15. The molecule has 10 nitrogen and oxygen atoms in total. The SMILES string of the molecule is COC(=O)CC1C(=O)N(CC(=O)OC)CCC(CN)N1S(=O)(=O)c1ccc(C)cc1. The molecule has 0 aliphatic carbocycles. The standard InChI is InChI=1S/C19H27N3O7S/c1-13-4-6-15(7-5-13)30(26,27)22-14(11-20)8-9-21(12-18(24)29-3)19(25)16(22)10-17(23)28-2/h4-7,14,16H,8-12,20H2,1-3H3. The Morgan fingerprint density at radius 2 is 1.73 bits per heavy atom. The second-order valence-corrected chi connectivity index (χ2v) is 8.80. The Labute approximate surface area is 176 Å². The summed E-state index contributed by atoms with van der Waals surface area (Å²) in [5, 5.41) is 0. The number of methoxy groups -OCH3 is 2. The number of hydrogen-bond donors (Lipinski definition) is 1. The maximum absolute atomic E-state index is 13.5. The van der Waals surface area contributed by atoms with Gasteiger partial charge in [-0.3, -0.25) is 14.4 Å². The number of hydrogen-bond acceptors (Lipinski definition) is 8. The molecule has 11 heteroatoms. The third-order valence-electron chi connectivity index (χ3n) is 5.00. The van der Waals surface area contributed by atoms with Gasteiger partial charge in [-0.05, 0) is 25.5 Å². The molecule has 1 aliphatic heterocycles. The van der Waals surface area contributed by atoms with E-state index in [0.29, 0.717) is 0 Å². The van der Waals surface area contributed by atoms with Crippen molar-refractivity contribution in [2.24, 2.45) is 5.73 Å². The van der Waals surface area contributed by atoms with Gasteiger partial charge in [0.15, 0.2) is 0 Å². The molecular formula is C19H27N3O7S. The number of nitrogens with zero attached hydrogens (tertiary/aromatic N) is 2. The Hall–Kier alpha value is -2.50. The van der Waals surface area contributed by atoms with Gasteiger partial charge in [0, 0.05) is 19.1 Å². The van der Waals surface area contributed by atoms with Crippen LogP contribution in [0.4, 0.5) is 0 Å². The van der Waals surface area contributed by atoms with Gasteiger partial charge in [0.1, 0.15) is 12.6 Å². The van der Waals surface area contributed by atoms with Crippen LogP contribution in [0.25, 0.3) is 0 Å². The third-order valence-corrected chi connectivity index (χ3v) is 6.98. The van der Waals surface area contributed by atoms with Gasteiger partial charge in [0.2, 0.25) is 15.9 Å². The van der Waals surface area contributed by atoms with Crippen molar-refractivity contribution < 1.29 is 32.3 Å². The lowest BCUT2D eigenvalue weighted by Gasteiger charge is -2.33. The number of rotatable bonds is 7. The van der Waals surface area contributed by atoms with Gasteiger partial charge in [-0.1, -0.05) is 17.7 Å². The van der Waals surface area contributed by atoms with Gasteiger partial charge in [-0.15, -0.1) is 0 Å². The summed E-state index contributed by atoms with van der Waals surface area (Å²) >= 11 is 0. The average molecular weight is 442 g/mol. The molecule has 0 aromatic heterocycles. The topological polar surface area (TPSA) is 136 Å². The predicted octanol–water partition coefficient (Wildman–Crippen LogP) is -0.350. The second-order valence-electron chi connectivity index (χ2n) is 6.96. The van der Waals surface area contributed by atoms with Gasteiger partial charge in [-0.2, -0.15) is 4.31 Å². The van der Waals surface area contributed by atoms with Crippen LogP contribution < -0.4 is 5.73 Å². The molecule has 0 spiro atoms. The van der Waals surface area contributed by atoms with Gasteiger partial charge >= 0.3 is 11.9 Å². The number of carbonyl (C=O) groups excluding carboxylic acids is 3. The Bertz CT molecular complexity index is 886. The monoisotopic (exact) mass is 441 g/mol. The number of nitrogens with two attached hydrogens (primary N) is 1. The van der Waals surface area contributed by atoms with Crippen molar-refractivity contribution in [2.45, 2.75) is 36.7 Å². The highest BCUT2D eigenvalue weighted by atomic mass is 32.2. The minimum Gasteiger partial charge on any atom is -0.469 e. The van der Waals surface area contributed by atoms with Crippen molar-refractivity contribution in [3.63, 3.8) is 0 Å². The van der Waals surface area contributed by atoms with Crippen LogP contribution in [0.1, 0.15) is 18.4 Å². The number of sulfonamides is 1. The van der Waals surface area contributed by atoms with Crippen molar-refractivity contribution in [3.8, 4) is 0 Å². The molecule has 1 heterocycles. The van der Waals surface area contributed by atoms with Crippen LogP contribution in [0.3, 0.4) is 0 Å². The molecule has 1 saturated heterocycles. The lowest BCUT2D eigenvalue weighted by Crippen LogP contribution is -2.54. The normalized spacial score (nSPS) is 20.5. The number of aryl methyl sites for hydroxylation is 1. The van der Waals surface area contributed by atoms with Crippen LogP contribution in [-0.4, -0.2) is 81.4 Å². The fraction of sp³-hybridized carbons (Fsp3) is 0.526. The molecule has 2 unspecified atom stereocenters. The summed E-state index contributed by atoms with van der Waals surface area (Å²) in [7, 11) is -1.84. The molecule has 2 N–H and O–H groups in total. The summed E-state index contributed by atoms with van der Waals surface area (Å²) in [6.45, 7) is 1.48. The van der Waals surface area contributed by atoms with Crippen LogP contribution in [0.5, 0.6) is 0 Å². The predicted molar refractivity (Wildman–Crippen MR) is 107 cm³/mol. The first-order chi connectivity index (χ1) is 14.1. The van der Waals surface area contributed by atoms with Crippen LogP contribution in [-0.2, 0) is 33.9 Å². The fourth-order valence-corrected chi connectivity index (χ4v) is 5.14. The Morgan fingerprint density at radius 1 is 1.13 bits per heavy atom. The lowest BCUT2D eigenvalue weighted by atomic mass is 10.1. The van der Waals surface area contributed by atoms with Gasteiger partial charge in [0.25, 0.3) is 0 Å². The largest absolute Gasteiger partial charge is 0.469 e. The highest BCUT2D eigenvalue weighted by Gasteiger charge is 2.45. The molecule has 1 aliphatic rings. The quantitative estimate of drug-likeness (QED) is 0.567. The van der Waals surface area contributed by atoms with E-state index >= 15 is 0 Å². The number of ether oxygens (including phenoxy) is 2. The first-order valence-electron chi connectivity index (χ1n) is 9.38. The lowest BCUT2D eigenvalue weighted by molar-refractivity contribution is -0.149. The van der Waals surface area contributed by atoms with Crippen molar-refractivity contribution in [1.29, 1.82) is 0 Å². The van der Waals surface area contributed by atoms with E-state index in [-0.39, 0.29) is 31.0 Å². The van der Waals surface area contributed by atoms with E-state index in [2.05, 4.69) is 9.47 Å². The van der Waals surface area contributed by atoms with Crippen molar-refractivity contribution in [3.05, 3.63) is 29.8 Å². The second kappa shape index (κ2) is 10.0. The molecule has 1 fully saturated rings. The van der Waals surface area contributed by atoms with Gasteiger partial charge < -0.3 is 20.1 Å². The molecule has 2 rings (SSSR count). The summed E-state index contributed by atoms with van der Waals surface area (Å²) in [5.41, 5.74) is 6.73. The minimum atomic E-state index is -4.17. The molecule has 1 amide bonds. The number of esters is 2. The smallest absolute Gasteiger partial charge is 0.325 e. The molecule has 0 saturated carbocycles. The summed E-state index contributed by atoms with van der Waals surface area (Å²) in [4.78, 5) is 38.2. The summed E-state index contributed by atoms with van der Waals surface area (Å²) in [5.74, 6) is -2.09. The molecule has 0 bridgehead atoms. The van der Waals surface area contributed by atoms with E-state index in [1.54, 1.807) is 12.1 Å². The van der Waals surface area contributed by atoms with Crippen LogP contribution >= 0.6 is 0 Å². The van der Waals surface area contributed by atoms with Crippen molar-refractivity contribution in [1.82, 2.24) is 9.21 Å². The summed E-state index contributed by atoms with van der Waals surface area (Å²) in [6.07, 6.45) is -0.309. The molecule has 1 aromatic rings. The van der Waals surface area contributed by atoms with Gasteiger partial charge in [-0.25, -0.2) is 8.42 Å². The van der Waals surface area contributed by atoms with E-state index in [4.69, 9.17) is 5.73 Å². The average Bonchev–Trinajstić information content (AvgIpc) is 2.85. The zero-order valence-corrected chi connectivity index (χ0v) is 18.1. The zero-order chi connectivity index (χ0) is 22.5. The first-order valence-corrected chi connectivity index (χ1v) is 10.8. The maximum Gasteiger partial charge on any atom is 0.325 e. The molecular weight excluding hydrogens is 414 g/mol. The minimum absolute atomic E-state index is 0.0179. The Kier molecular flexibility index (Phi) is 7.93. The molecule has 0 radical (unpaired) electrons. The van der Waals surface area contributed by atoms with Crippen LogP contribution in [0.2, 0.25) is 0 Å². The van der Waals surface area contributed by atoms with Crippen molar-refractivity contribution >= 4 is 27.9 Å². The molecule has 2 atom stereocenters. The van der Waals surface area contributed by atoms with Crippen molar-refractivity contribution in [2.75, 3.05) is 33.9 Å². The Morgan fingerprint density at radius 3 is 2.27 bits per heavy atom. The highest BCUT2D eigenvalue weighted by molar-refractivity contribution is 7.89. The highest BCUT2D eigenvalue weighted by Crippen LogP contribution is 2.28. The molecule has 1 aromatic carbocycles. The first kappa shape index (κ1) is 23.8. The van der Waals surface area contributed by atoms with E-state index in [0.717, 1.165) is 17.0 Å². The van der Waals surface area contributed by atoms with Gasteiger partial charge in [0.05, 0.1) is 25.5 Å². The summed E-state index contributed by atoms with van der Waals surface area (Å²) in [6, 6.07) is 4.01. The zero-order valence-electron chi connectivity index (χ0n) is 17.2. The number of benzene rings is 1. The Balaban J connectivity index is 2.56. The van der Waals surface area contributed by atoms with E-state index in [9.17, 15) is 22.8 Å².